The summed E-state index contributed by atoms with van der Waals surface area (Å²) in [6, 6.07) is 0. The van der Waals surface area contributed by atoms with Crippen molar-refractivity contribution in [3.8, 4) is 0 Å². The molecule has 0 saturated carbocycles. The third-order valence-corrected chi connectivity index (χ3v) is 6.23. The normalized spacial score (nSPS) is 39.0. The lowest BCUT2D eigenvalue weighted by Crippen LogP contribution is -2.51. The van der Waals surface area contributed by atoms with Crippen molar-refractivity contribution in [1.82, 2.24) is 0 Å². The molecule has 32 heavy (non-hydrogen) atoms. The molecular formula is C24H44O8. The molecule has 188 valence electrons. The van der Waals surface area contributed by atoms with Crippen LogP contribution in [0.15, 0.2) is 0 Å². The summed E-state index contributed by atoms with van der Waals surface area (Å²) in [6.45, 7) is 11.8. The molecule has 3 saturated heterocycles. The van der Waals surface area contributed by atoms with Gasteiger partial charge in [0.25, 0.3) is 0 Å². The Bertz CT molecular complexity index is 545. The van der Waals surface area contributed by atoms with Gasteiger partial charge in [0.2, 0.25) is 0 Å². The predicted molar refractivity (Wildman–Crippen MR) is 118 cm³/mol. The van der Waals surface area contributed by atoms with Crippen molar-refractivity contribution in [2.24, 2.45) is 0 Å². The maximum atomic E-state index is 9.35. The van der Waals surface area contributed by atoms with Crippen LogP contribution in [0.25, 0.3) is 0 Å². The zero-order valence-corrected chi connectivity index (χ0v) is 20.7. The Labute approximate surface area is 192 Å². The molecule has 3 rings (SSSR count). The van der Waals surface area contributed by atoms with Crippen LogP contribution in [0.5, 0.6) is 0 Å². The second-order valence-corrected chi connectivity index (χ2v) is 10.8. The van der Waals surface area contributed by atoms with E-state index in [1.807, 2.05) is 41.5 Å². The second kappa shape index (κ2) is 10.5. The van der Waals surface area contributed by atoms with Gasteiger partial charge in [-0.1, -0.05) is 0 Å². The van der Waals surface area contributed by atoms with Crippen molar-refractivity contribution in [1.29, 1.82) is 0 Å². The summed E-state index contributed by atoms with van der Waals surface area (Å²) in [4.78, 5) is 0. The lowest BCUT2D eigenvalue weighted by atomic mass is 9.93. The van der Waals surface area contributed by atoms with Gasteiger partial charge in [0.05, 0.1) is 36.6 Å². The van der Waals surface area contributed by atoms with Crippen molar-refractivity contribution in [3.63, 3.8) is 0 Å². The smallest absolute Gasteiger partial charge is 0.163 e. The monoisotopic (exact) mass is 460 g/mol. The molecule has 0 spiro atoms. The summed E-state index contributed by atoms with van der Waals surface area (Å²) in [5.41, 5.74) is 0. The predicted octanol–water partition coefficient (Wildman–Crippen LogP) is 3.26. The lowest BCUT2D eigenvalue weighted by molar-refractivity contribution is -0.335. The van der Waals surface area contributed by atoms with E-state index in [1.165, 1.54) is 0 Å². The topological polar surface area (TPSA) is 95.8 Å². The highest BCUT2D eigenvalue weighted by molar-refractivity contribution is 4.86. The zero-order chi connectivity index (χ0) is 23.6. The number of ether oxygens (including phenoxy) is 6. The van der Waals surface area contributed by atoms with Crippen LogP contribution in [-0.2, 0) is 28.4 Å². The first-order valence-electron chi connectivity index (χ1n) is 12.2. The molecule has 0 radical (unpaired) electrons. The highest BCUT2D eigenvalue weighted by atomic mass is 16.7. The molecule has 3 heterocycles. The van der Waals surface area contributed by atoms with Crippen LogP contribution in [0.3, 0.4) is 0 Å². The Morgan fingerprint density at radius 1 is 0.500 bits per heavy atom. The number of rotatable bonds is 8. The Balaban J connectivity index is 1.61. The van der Waals surface area contributed by atoms with Gasteiger partial charge in [0.1, 0.15) is 0 Å². The van der Waals surface area contributed by atoms with Crippen molar-refractivity contribution in [2.75, 3.05) is 13.2 Å². The summed E-state index contributed by atoms with van der Waals surface area (Å²) in [7, 11) is 0. The molecule has 0 aliphatic carbocycles. The van der Waals surface area contributed by atoms with Crippen LogP contribution in [0.1, 0.15) is 86.5 Å². The molecule has 3 aliphatic heterocycles. The second-order valence-electron chi connectivity index (χ2n) is 10.8. The SMILES string of the molecule is CC1(C)O[C@H](C[C@@H]2C[C@H](CCO)OC(C)(C)O2)C[C@@H](C[C@@H]2C[C@H](CCO)OC(C)(C)O2)O1. The Hall–Kier alpha value is -0.320. The fourth-order valence-corrected chi connectivity index (χ4v) is 5.47. The van der Waals surface area contributed by atoms with E-state index in [1.54, 1.807) is 0 Å². The summed E-state index contributed by atoms with van der Waals surface area (Å²) in [5, 5.41) is 18.7. The highest BCUT2D eigenvalue weighted by Crippen LogP contribution is 2.37. The molecule has 3 aliphatic rings. The van der Waals surface area contributed by atoms with Crippen molar-refractivity contribution < 1.29 is 38.6 Å². The molecule has 0 amide bonds. The molecule has 6 atom stereocenters. The maximum absolute atomic E-state index is 9.35. The van der Waals surface area contributed by atoms with Crippen molar-refractivity contribution >= 4 is 0 Å². The van der Waals surface area contributed by atoms with Gasteiger partial charge in [0.15, 0.2) is 17.4 Å². The van der Waals surface area contributed by atoms with Crippen molar-refractivity contribution in [3.05, 3.63) is 0 Å². The van der Waals surface area contributed by atoms with Gasteiger partial charge in [0, 0.05) is 45.3 Å². The molecular weight excluding hydrogens is 416 g/mol. The van der Waals surface area contributed by atoms with Gasteiger partial charge in [-0.25, -0.2) is 0 Å². The molecule has 3 fully saturated rings. The minimum Gasteiger partial charge on any atom is -0.396 e. The quantitative estimate of drug-likeness (QED) is 0.570. The third kappa shape index (κ3) is 7.87. The standard InChI is InChI=1S/C24H44O8/c1-22(2)27-16(7-9-25)11-18(29-22)13-20-15-21(32-24(5,6)31-20)14-19-12-17(8-10-26)28-23(3,4)30-19/h16-21,25-26H,7-15H2,1-6H3/t16-,17-,18-,19-,20+,21+/m0/s1. The van der Waals surface area contributed by atoms with E-state index in [0.29, 0.717) is 12.8 Å². The first kappa shape index (κ1) is 26.3. The Morgan fingerprint density at radius 2 is 0.750 bits per heavy atom. The van der Waals surface area contributed by atoms with Crippen LogP contribution < -0.4 is 0 Å². The van der Waals surface area contributed by atoms with E-state index in [9.17, 15) is 10.2 Å². The van der Waals surface area contributed by atoms with Crippen LogP contribution in [-0.4, -0.2) is 77.4 Å². The molecule has 0 unspecified atom stereocenters. The van der Waals surface area contributed by atoms with E-state index in [0.717, 1.165) is 32.1 Å². The highest BCUT2D eigenvalue weighted by Gasteiger charge is 2.43. The fourth-order valence-electron chi connectivity index (χ4n) is 5.47. The lowest BCUT2D eigenvalue weighted by Gasteiger charge is -2.46. The number of aliphatic hydroxyl groups is 2. The fraction of sp³-hybridized carbons (Fsp3) is 1.00. The summed E-state index contributed by atoms with van der Waals surface area (Å²) in [6.07, 6.45) is 4.96. The van der Waals surface area contributed by atoms with E-state index in [-0.39, 0.29) is 49.8 Å². The summed E-state index contributed by atoms with van der Waals surface area (Å²) >= 11 is 0. The molecule has 8 nitrogen and oxygen atoms in total. The van der Waals surface area contributed by atoms with Gasteiger partial charge in [-0.15, -0.1) is 0 Å². The Kier molecular flexibility index (Phi) is 8.64. The first-order chi connectivity index (χ1) is 14.9. The molecule has 0 aromatic heterocycles. The maximum Gasteiger partial charge on any atom is 0.163 e. The largest absolute Gasteiger partial charge is 0.396 e. The molecule has 2 N–H and O–H groups in total. The van der Waals surface area contributed by atoms with Gasteiger partial charge >= 0.3 is 0 Å². The van der Waals surface area contributed by atoms with Crippen LogP contribution >= 0.6 is 0 Å². The van der Waals surface area contributed by atoms with Crippen LogP contribution in [0.2, 0.25) is 0 Å². The van der Waals surface area contributed by atoms with Gasteiger partial charge in [-0.05, 0) is 54.4 Å². The van der Waals surface area contributed by atoms with E-state index in [4.69, 9.17) is 28.4 Å². The van der Waals surface area contributed by atoms with Gasteiger partial charge < -0.3 is 38.6 Å². The van der Waals surface area contributed by atoms with E-state index < -0.39 is 17.4 Å². The average Bonchev–Trinajstić information content (AvgIpc) is 2.57. The molecule has 0 bridgehead atoms. The average molecular weight is 461 g/mol. The van der Waals surface area contributed by atoms with E-state index in [2.05, 4.69) is 0 Å². The summed E-state index contributed by atoms with van der Waals surface area (Å²) < 4.78 is 36.8. The number of aliphatic hydroxyl groups excluding tert-OH is 2. The minimum absolute atomic E-state index is 0.00137. The van der Waals surface area contributed by atoms with Gasteiger partial charge in [-0.3, -0.25) is 0 Å². The summed E-state index contributed by atoms with van der Waals surface area (Å²) in [5.74, 6) is -2.04. The van der Waals surface area contributed by atoms with Gasteiger partial charge in [-0.2, -0.15) is 0 Å². The molecule has 0 aromatic carbocycles. The zero-order valence-electron chi connectivity index (χ0n) is 20.7. The van der Waals surface area contributed by atoms with Crippen LogP contribution in [0, 0.1) is 0 Å². The van der Waals surface area contributed by atoms with E-state index >= 15 is 0 Å². The third-order valence-electron chi connectivity index (χ3n) is 6.23. The Morgan fingerprint density at radius 3 is 1.03 bits per heavy atom. The molecule has 8 heteroatoms. The molecule has 0 aromatic rings. The van der Waals surface area contributed by atoms with Crippen LogP contribution in [0.4, 0.5) is 0 Å². The number of hydrogen-bond donors (Lipinski definition) is 2. The minimum atomic E-state index is -0.691. The number of hydrogen-bond acceptors (Lipinski definition) is 8. The van der Waals surface area contributed by atoms with Crippen molar-refractivity contribution in [2.45, 2.75) is 140 Å². The first-order valence-corrected chi connectivity index (χ1v) is 12.2.